The maximum Gasteiger partial charge on any atom is 0.379 e. The molecule has 0 N–H and O–H groups in total. The van der Waals surface area contributed by atoms with E-state index in [-0.39, 0.29) is 13.2 Å². The Kier molecular flexibility index (Phi) is 19.6. The summed E-state index contributed by atoms with van der Waals surface area (Å²) < 4.78 is 38.0. The normalized spacial score (nSPS) is 10.9. The van der Waals surface area contributed by atoms with E-state index in [1.165, 1.54) is 0 Å². The predicted molar refractivity (Wildman–Crippen MR) is 126 cm³/mol. The number of carbonyl (C=O) groups excluding carboxylic acids is 2. The van der Waals surface area contributed by atoms with Crippen molar-refractivity contribution >= 4 is 34.3 Å². The van der Waals surface area contributed by atoms with Gasteiger partial charge in [-0.3, -0.25) is 4.79 Å². The van der Waals surface area contributed by atoms with E-state index in [0.29, 0.717) is 71.6 Å². The van der Waals surface area contributed by atoms with Crippen molar-refractivity contribution in [2.24, 2.45) is 0 Å². The summed E-state index contributed by atoms with van der Waals surface area (Å²) in [6, 6.07) is 8.27. The Morgan fingerprint density at radius 2 is 0.938 bits per heavy atom. The van der Waals surface area contributed by atoms with Crippen molar-refractivity contribution in [3.63, 3.8) is 0 Å². The molecule has 1 aromatic carbocycles. The van der Waals surface area contributed by atoms with Crippen molar-refractivity contribution in [2.75, 3.05) is 90.3 Å². The van der Waals surface area contributed by atoms with Gasteiger partial charge in [0.1, 0.15) is 6.61 Å². The van der Waals surface area contributed by atoms with E-state index < -0.39 is 11.8 Å². The molecule has 0 aliphatic carbocycles. The predicted octanol–water partition coefficient (Wildman–Crippen LogP) is 1.95. The van der Waals surface area contributed by atoms with Gasteiger partial charge in [-0.15, -0.1) is 0 Å². The third kappa shape index (κ3) is 16.5. The molecule has 0 unspecified atom stereocenters. The molecule has 0 fully saturated rings. The van der Waals surface area contributed by atoms with Gasteiger partial charge in [-0.05, 0) is 0 Å². The Labute approximate surface area is 203 Å². The zero-order chi connectivity index (χ0) is 23.1. The summed E-state index contributed by atoms with van der Waals surface area (Å²) in [6.07, 6.45) is 0. The van der Waals surface area contributed by atoms with Crippen LogP contribution in [0.3, 0.4) is 0 Å². The highest BCUT2D eigenvalue weighted by Gasteiger charge is 2.16. The van der Waals surface area contributed by atoms with E-state index in [0.717, 1.165) is 11.0 Å². The first-order valence-electron chi connectivity index (χ1n) is 10.5. The van der Waals surface area contributed by atoms with E-state index in [9.17, 15) is 9.59 Å². The number of carbonyl (C=O) groups is 2. The van der Waals surface area contributed by atoms with Crippen molar-refractivity contribution in [3.05, 3.63) is 35.9 Å². The molecular formula is C22H33IO9. The molecular weight excluding hydrogens is 535 g/mol. The van der Waals surface area contributed by atoms with Crippen molar-refractivity contribution in [1.82, 2.24) is 0 Å². The summed E-state index contributed by atoms with van der Waals surface area (Å²) in [5.41, 5.74) is 0.304. The molecule has 9 nitrogen and oxygen atoms in total. The van der Waals surface area contributed by atoms with Crippen molar-refractivity contribution in [1.29, 1.82) is 0 Å². The molecule has 0 saturated heterocycles. The first kappa shape index (κ1) is 28.9. The number of hydrogen-bond donors (Lipinski definition) is 0. The molecule has 182 valence electrons. The Morgan fingerprint density at radius 3 is 1.34 bits per heavy atom. The van der Waals surface area contributed by atoms with Gasteiger partial charge in [0.25, 0.3) is 5.78 Å². The van der Waals surface area contributed by atoms with E-state index in [1.54, 1.807) is 30.3 Å². The van der Waals surface area contributed by atoms with Crippen LogP contribution in [0.15, 0.2) is 30.3 Å². The van der Waals surface area contributed by atoms with Crippen LogP contribution in [0.25, 0.3) is 0 Å². The molecule has 0 spiro atoms. The third-order valence-corrected chi connectivity index (χ3v) is 4.20. The number of Topliss-reactive ketones (excluding diaryl/α,β-unsaturated/α-hetero) is 1. The summed E-state index contributed by atoms with van der Waals surface area (Å²) in [5, 5.41) is 0. The van der Waals surface area contributed by atoms with Crippen LogP contribution in [0, 0.1) is 0 Å². The molecule has 1 aromatic rings. The van der Waals surface area contributed by atoms with Crippen molar-refractivity contribution < 1.29 is 42.7 Å². The second-order valence-corrected chi connectivity index (χ2v) is 7.27. The Balaban J connectivity index is 1.77. The van der Waals surface area contributed by atoms with Crippen molar-refractivity contribution in [2.45, 2.75) is 0 Å². The first-order valence-corrected chi connectivity index (χ1v) is 12.1. The number of benzene rings is 1. The Hall–Kier alpha value is -1.15. The molecule has 32 heavy (non-hydrogen) atoms. The summed E-state index contributed by atoms with van der Waals surface area (Å²) in [5.74, 6) is -1.55. The van der Waals surface area contributed by atoms with Gasteiger partial charge in [0.2, 0.25) is 0 Å². The Morgan fingerprint density at radius 1 is 0.562 bits per heavy atom. The summed E-state index contributed by atoms with van der Waals surface area (Å²) in [6.45, 7) is 5.89. The molecule has 0 aliphatic rings. The number of ether oxygens (including phenoxy) is 7. The highest BCUT2D eigenvalue weighted by atomic mass is 127. The topological polar surface area (TPSA) is 98.8 Å². The van der Waals surface area contributed by atoms with Gasteiger partial charge in [0.15, 0.2) is 0 Å². The molecule has 1 rings (SSSR count). The number of ketones is 1. The molecule has 0 bridgehead atoms. The lowest BCUT2D eigenvalue weighted by Crippen LogP contribution is -2.20. The lowest BCUT2D eigenvalue weighted by molar-refractivity contribution is -0.139. The third-order valence-electron chi connectivity index (χ3n) is 3.76. The SMILES string of the molecule is O=C(OCCOCCOCCOCCOCCOCCOCCI)C(=O)c1ccccc1. The molecule has 0 radical (unpaired) electrons. The standard InChI is InChI=1S/C22H33IO9/c23-6-7-26-8-9-27-10-11-28-12-13-29-14-15-30-16-17-31-18-19-32-22(25)21(24)20-4-2-1-3-5-20/h1-5H,6-19H2. The summed E-state index contributed by atoms with van der Waals surface area (Å²) in [7, 11) is 0. The quantitative estimate of drug-likeness (QED) is 0.0519. The maximum absolute atomic E-state index is 11.8. The van der Waals surface area contributed by atoms with Gasteiger partial charge in [0, 0.05) is 9.99 Å². The lowest BCUT2D eigenvalue weighted by Gasteiger charge is -2.08. The van der Waals surface area contributed by atoms with Crippen molar-refractivity contribution in [3.8, 4) is 0 Å². The number of hydrogen-bond acceptors (Lipinski definition) is 9. The zero-order valence-electron chi connectivity index (χ0n) is 18.3. The molecule has 0 atom stereocenters. The average Bonchev–Trinajstić information content (AvgIpc) is 2.82. The minimum Gasteiger partial charge on any atom is -0.457 e. The van der Waals surface area contributed by atoms with Crippen LogP contribution in [0.4, 0.5) is 0 Å². The number of alkyl halides is 1. The molecule has 0 aliphatic heterocycles. The Bertz CT molecular complexity index is 586. The molecule has 10 heteroatoms. The van der Waals surface area contributed by atoms with Gasteiger partial charge in [-0.25, -0.2) is 4.79 Å². The molecule has 0 saturated carbocycles. The van der Waals surface area contributed by atoms with E-state index >= 15 is 0 Å². The van der Waals surface area contributed by atoms with Gasteiger partial charge in [0.05, 0.1) is 79.3 Å². The van der Waals surface area contributed by atoms with Gasteiger partial charge in [-0.1, -0.05) is 52.9 Å². The highest BCUT2D eigenvalue weighted by Crippen LogP contribution is 2.01. The summed E-state index contributed by atoms with van der Waals surface area (Å²) in [4.78, 5) is 23.5. The van der Waals surface area contributed by atoms with Crippen LogP contribution >= 0.6 is 22.6 Å². The van der Waals surface area contributed by atoms with Crippen LogP contribution in [-0.2, 0) is 38.0 Å². The minimum atomic E-state index is -0.888. The van der Waals surface area contributed by atoms with Crippen LogP contribution in [0.1, 0.15) is 10.4 Å². The van der Waals surface area contributed by atoms with Gasteiger partial charge in [-0.2, -0.15) is 0 Å². The van der Waals surface area contributed by atoms with E-state index in [1.807, 2.05) is 0 Å². The second kappa shape index (κ2) is 21.7. The smallest absolute Gasteiger partial charge is 0.379 e. The van der Waals surface area contributed by atoms with Crippen LogP contribution < -0.4 is 0 Å². The second-order valence-electron chi connectivity index (χ2n) is 6.19. The number of esters is 1. The van der Waals surface area contributed by atoms with Gasteiger partial charge < -0.3 is 33.2 Å². The van der Waals surface area contributed by atoms with Crippen LogP contribution in [-0.4, -0.2) is 102 Å². The maximum atomic E-state index is 11.8. The lowest BCUT2D eigenvalue weighted by atomic mass is 10.1. The fraction of sp³-hybridized carbons (Fsp3) is 0.636. The summed E-state index contributed by atoms with van der Waals surface area (Å²) >= 11 is 2.26. The zero-order valence-corrected chi connectivity index (χ0v) is 20.5. The van der Waals surface area contributed by atoms with Gasteiger partial charge >= 0.3 is 5.97 Å². The largest absolute Gasteiger partial charge is 0.457 e. The fourth-order valence-corrected chi connectivity index (χ4v) is 2.53. The van der Waals surface area contributed by atoms with Crippen LogP contribution in [0.5, 0.6) is 0 Å². The molecule has 0 amide bonds. The monoisotopic (exact) mass is 568 g/mol. The highest BCUT2D eigenvalue weighted by molar-refractivity contribution is 14.1. The molecule has 0 heterocycles. The minimum absolute atomic E-state index is 0.0118. The van der Waals surface area contributed by atoms with E-state index in [2.05, 4.69) is 22.6 Å². The van der Waals surface area contributed by atoms with Crippen LogP contribution in [0.2, 0.25) is 0 Å². The number of halogens is 1. The molecule has 0 aromatic heterocycles. The average molecular weight is 568 g/mol. The fourth-order valence-electron chi connectivity index (χ4n) is 2.22. The number of rotatable bonds is 22. The van der Waals surface area contributed by atoms with E-state index in [4.69, 9.17) is 33.2 Å². The first-order chi connectivity index (χ1) is 15.8.